The Morgan fingerprint density at radius 3 is 1.91 bits per heavy atom. The normalized spacial score (nSPS) is 12.0. The zero-order valence-corrected chi connectivity index (χ0v) is 16.1. The number of amides is 1. The van der Waals surface area contributed by atoms with Gasteiger partial charge in [-0.25, -0.2) is 0 Å². The molecule has 0 saturated heterocycles. The summed E-state index contributed by atoms with van der Waals surface area (Å²) in [6, 6.07) is -0.527. The fourth-order valence-corrected chi connectivity index (χ4v) is 2.79. The molecule has 0 aromatic heterocycles. The molecule has 4 nitrogen and oxygen atoms in total. The second-order valence-electron chi connectivity index (χ2n) is 5.79. The third-order valence-corrected chi connectivity index (χ3v) is 4.35. The van der Waals surface area contributed by atoms with Crippen LogP contribution in [0.5, 0.6) is 0 Å². The molecule has 0 bridgehead atoms. The van der Waals surface area contributed by atoms with E-state index in [2.05, 4.69) is 28.3 Å². The molecule has 0 spiro atoms. The molecule has 1 atom stereocenters. The number of unbranched alkanes of at least 4 members (excludes halogenated alkanes) is 9. The number of hydrogen-bond donors (Lipinski definition) is 1. The van der Waals surface area contributed by atoms with Crippen LogP contribution in [-0.4, -0.2) is 40.5 Å². The van der Waals surface area contributed by atoms with Crippen molar-refractivity contribution in [3.63, 3.8) is 0 Å². The summed E-state index contributed by atoms with van der Waals surface area (Å²) in [7, 11) is 0. The van der Waals surface area contributed by atoms with Crippen LogP contribution in [0.2, 0.25) is 5.32 Å². The van der Waals surface area contributed by atoms with Crippen LogP contribution in [-0.2, 0) is 14.3 Å². The summed E-state index contributed by atoms with van der Waals surface area (Å²) in [4.78, 5) is 22.7. The van der Waals surface area contributed by atoms with E-state index in [-0.39, 0.29) is 11.9 Å². The van der Waals surface area contributed by atoms with Gasteiger partial charge in [0.15, 0.2) is 0 Å². The molecule has 130 valence electrons. The van der Waals surface area contributed by atoms with Crippen LogP contribution in [0, 0.1) is 0 Å². The van der Waals surface area contributed by atoms with Crippen LogP contribution >= 0.6 is 0 Å². The number of ether oxygens (including phenoxy) is 1. The topological polar surface area (TPSA) is 55.4 Å². The summed E-state index contributed by atoms with van der Waals surface area (Å²) in [5.74, 6) is -0.529. The van der Waals surface area contributed by atoms with E-state index >= 15 is 0 Å². The number of carbonyl (C=O) groups is 2. The SMILES string of the molecule is CCCCCCCCCCCCOC(=O)[C@H](C[SeH])NC(C)=O. The van der Waals surface area contributed by atoms with E-state index in [1.165, 1.54) is 58.3 Å². The summed E-state index contributed by atoms with van der Waals surface area (Å²) in [5.41, 5.74) is 0. The Balaban J connectivity index is 3.41. The number of hydrogen-bond acceptors (Lipinski definition) is 3. The van der Waals surface area contributed by atoms with Crippen molar-refractivity contribution in [2.45, 2.75) is 89.4 Å². The van der Waals surface area contributed by atoms with Gasteiger partial charge in [-0.05, 0) is 0 Å². The molecular weight excluding hydrogens is 345 g/mol. The van der Waals surface area contributed by atoms with Gasteiger partial charge in [-0.1, -0.05) is 26.2 Å². The number of carbonyl (C=O) groups excluding carboxylic acids is 2. The van der Waals surface area contributed by atoms with Gasteiger partial charge in [0.25, 0.3) is 0 Å². The Hall–Kier alpha value is -0.541. The van der Waals surface area contributed by atoms with Crippen LogP contribution in [0.1, 0.15) is 78.1 Å². The quantitative estimate of drug-likeness (QED) is 0.287. The minimum absolute atomic E-state index is 0.202. The molecule has 0 aliphatic rings. The number of nitrogens with one attached hydrogen (secondary N) is 1. The van der Waals surface area contributed by atoms with Gasteiger partial charge in [-0.15, -0.1) is 0 Å². The van der Waals surface area contributed by atoms with Gasteiger partial charge in [0.05, 0.1) is 0 Å². The molecule has 0 aromatic carbocycles. The van der Waals surface area contributed by atoms with E-state index in [0.29, 0.717) is 11.9 Å². The summed E-state index contributed by atoms with van der Waals surface area (Å²) < 4.78 is 5.20. The third-order valence-electron chi connectivity index (χ3n) is 3.59. The average molecular weight is 378 g/mol. The Bertz CT molecular complexity index is 298. The maximum atomic E-state index is 11.7. The second-order valence-corrected chi connectivity index (χ2v) is 6.55. The molecule has 0 unspecified atom stereocenters. The summed E-state index contributed by atoms with van der Waals surface area (Å²) in [5, 5.41) is 3.09. The molecule has 0 radical (unpaired) electrons. The Kier molecular flexibility index (Phi) is 15.0. The first-order valence-electron chi connectivity index (χ1n) is 8.66. The molecule has 1 amide bonds. The van der Waals surface area contributed by atoms with Crippen molar-refractivity contribution in [2.24, 2.45) is 0 Å². The van der Waals surface area contributed by atoms with Gasteiger partial charge in [0.1, 0.15) is 0 Å². The monoisotopic (exact) mass is 379 g/mol. The van der Waals surface area contributed by atoms with E-state index in [0.717, 1.165) is 12.8 Å². The van der Waals surface area contributed by atoms with Gasteiger partial charge < -0.3 is 0 Å². The van der Waals surface area contributed by atoms with E-state index in [9.17, 15) is 9.59 Å². The van der Waals surface area contributed by atoms with Crippen LogP contribution in [0.4, 0.5) is 0 Å². The molecule has 0 aliphatic carbocycles. The van der Waals surface area contributed by atoms with Gasteiger partial charge in [-0.3, -0.25) is 0 Å². The average Bonchev–Trinajstić information content (AvgIpc) is 2.49. The van der Waals surface area contributed by atoms with Crippen LogP contribution in [0.15, 0.2) is 0 Å². The van der Waals surface area contributed by atoms with Crippen molar-refractivity contribution in [1.29, 1.82) is 0 Å². The Morgan fingerprint density at radius 1 is 0.955 bits per heavy atom. The van der Waals surface area contributed by atoms with Crippen molar-refractivity contribution in [3.8, 4) is 0 Å². The fourth-order valence-electron chi connectivity index (χ4n) is 2.29. The van der Waals surface area contributed by atoms with Crippen molar-refractivity contribution < 1.29 is 14.3 Å². The molecule has 22 heavy (non-hydrogen) atoms. The van der Waals surface area contributed by atoms with E-state index < -0.39 is 6.04 Å². The molecule has 1 N–H and O–H groups in total. The first kappa shape index (κ1) is 21.5. The second kappa shape index (κ2) is 15.4. The summed E-state index contributed by atoms with van der Waals surface area (Å²) in [6.07, 6.45) is 12.6. The zero-order chi connectivity index (χ0) is 16.6. The van der Waals surface area contributed by atoms with Crippen molar-refractivity contribution >= 4 is 27.9 Å². The standard InChI is InChI=1S/C17H33NO3Se/c1-3-4-5-6-7-8-9-10-11-12-13-21-17(20)16(14-22)18-15(2)19/h16,22H,3-14H2,1-2H3,(H,18,19)/t16-/m0/s1. The molecule has 0 heterocycles. The van der Waals surface area contributed by atoms with E-state index in [1.54, 1.807) is 0 Å². The fraction of sp³-hybridized carbons (Fsp3) is 0.882. The van der Waals surface area contributed by atoms with Gasteiger partial charge >= 0.3 is 117 Å². The van der Waals surface area contributed by atoms with Crippen LogP contribution < -0.4 is 5.32 Å². The molecule has 0 rings (SSSR count). The molecule has 0 fully saturated rings. The van der Waals surface area contributed by atoms with Crippen LogP contribution in [0.3, 0.4) is 0 Å². The number of rotatable bonds is 14. The van der Waals surface area contributed by atoms with E-state index in [4.69, 9.17) is 4.74 Å². The Morgan fingerprint density at radius 2 is 1.45 bits per heavy atom. The summed E-state index contributed by atoms with van der Waals surface area (Å²) >= 11 is 2.31. The van der Waals surface area contributed by atoms with Crippen molar-refractivity contribution in [2.75, 3.05) is 6.61 Å². The number of esters is 1. The molecule has 0 aromatic rings. The maximum absolute atomic E-state index is 11.7. The molecule has 0 aliphatic heterocycles. The molecule has 5 heteroatoms. The Labute approximate surface area is 143 Å². The van der Waals surface area contributed by atoms with Gasteiger partial charge in [0, 0.05) is 0 Å². The predicted octanol–water partition coefficient (Wildman–Crippen LogP) is 3.27. The predicted molar refractivity (Wildman–Crippen MR) is 92.4 cm³/mol. The first-order valence-corrected chi connectivity index (χ1v) is 9.99. The van der Waals surface area contributed by atoms with Crippen LogP contribution in [0.25, 0.3) is 0 Å². The van der Waals surface area contributed by atoms with Gasteiger partial charge in [-0.2, -0.15) is 0 Å². The minimum atomic E-state index is -0.527. The van der Waals surface area contributed by atoms with Crippen molar-refractivity contribution in [3.05, 3.63) is 0 Å². The molecule has 0 saturated carbocycles. The van der Waals surface area contributed by atoms with Gasteiger partial charge in [0.2, 0.25) is 0 Å². The molecular formula is C17H33NO3Se. The van der Waals surface area contributed by atoms with Crippen molar-refractivity contribution in [1.82, 2.24) is 5.32 Å². The van der Waals surface area contributed by atoms with E-state index in [1.807, 2.05) is 0 Å². The zero-order valence-electron chi connectivity index (χ0n) is 14.2. The summed E-state index contributed by atoms with van der Waals surface area (Å²) in [6.45, 7) is 4.11. The first-order chi connectivity index (χ1) is 10.6. The third kappa shape index (κ3) is 13.1.